The molecule has 0 aliphatic carbocycles. The molecule has 0 saturated carbocycles. The second-order valence-corrected chi connectivity index (χ2v) is 6.68. The molecule has 3 rings (SSSR count). The Balaban J connectivity index is 1.57. The zero-order valence-electron chi connectivity index (χ0n) is 15.3. The highest BCUT2D eigenvalue weighted by molar-refractivity contribution is 6.30. The smallest absolute Gasteiger partial charge is 0.247 e. The number of carbonyl (C=O) groups excluding carboxylic acids is 1. The minimum absolute atomic E-state index is 0.0872. The van der Waals surface area contributed by atoms with Crippen molar-refractivity contribution in [3.05, 3.63) is 65.0 Å². The number of nitrogens with zero attached hydrogens (tertiary/aromatic N) is 3. The Labute approximate surface area is 163 Å². The number of anilines is 1. The largest absolute Gasteiger partial charge is 0.419 e. The summed E-state index contributed by atoms with van der Waals surface area (Å²) in [6.45, 7) is 2.66. The van der Waals surface area contributed by atoms with E-state index in [4.69, 9.17) is 16.0 Å². The number of aryl methyl sites for hydroxylation is 1. The lowest BCUT2D eigenvalue weighted by Crippen LogP contribution is -2.30. The van der Waals surface area contributed by atoms with Crippen LogP contribution in [0, 0.1) is 0 Å². The Kier molecular flexibility index (Phi) is 6.21. The number of rotatable bonds is 7. The van der Waals surface area contributed by atoms with Gasteiger partial charge in [-0.3, -0.25) is 9.69 Å². The number of para-hydroxylation sites is 1. The van der Waals surface area contributed by atoms with Crippen LogP contribution in [0.3, 0.4) is 0 Å². The Morgan fingerprint density at radius 2 is 1.89 bits per heavy atom. The first-order valence-corrected chi connectivity index (χ1v) is 9.07. The zero-order chi connectivity index (χ0) is 19.2. The molecule has 1 amide bonds. The lowest BCUT2D eigenvalue weighted by Gasteiger charge is -2.15. The van der Waals surface area contributed by atoms with Crippen LogP contribution in [0.2, 0.25) is 5.02 Å². The molecule has 0 spiro atoms. The van der Waals surface area contributed by atoms with E-state index in [-0.39, 0.29) is 12.5 Å². The quantitative estimate of drug-likeness (QED) is 0.666. The molecule has 0 saturated heterocycles. The first-order valence-electron chi connectivity index (χ1n) is 8.69. The van der Waals surface area contributed by atoms with Gasteiger partial charge in [-0.05, 0) is 49.4 Å². The van der Waals surface area contributed by atoms with Gasteiger partial charge in [0.25, 0.3) is 0 Å². The molecule has 6 nitrogen and oxygen atoms in total. The van der Waals surface area contributed by atoms with Crippen molar-refractivity contribution >= 4 is 23.2 Å². The van der Waals surface area contributed by atoms with Crippen LogP contribution in [0.1, 0.15) is 18.4 Å². The summed E-state index contributed by atoms with van der Waals surface area (Å²) in [5.74, 6) is 0.788. The van der Waals surface area contributed by atoms with Crippen LogP contribution < -0.4 is 5.32 Å². The maximum absolute atomic E-state index is 12.3. The van der Waals surface area contributed by atoms with Gasteiger partial charge in [-0.15, -0.1) is 10.2 Å². The van der Waals surface area contributed by atoms with Gasteiger partial charge in [0.15, 0.2) is 0 Å². The molecule has 0 unspecified atom stereocenters. The van der Waals surface area contributed by atoms with Crippen molar-refractivity contribution in [3.8, 4) is 11.5 Å². The van der Waals surface area contributed by atoms with Crippen LogP contribution in [0.5, 0.6) is 0 Å². The predicted molar refractivity (Wildman–Crippen MR) is 106 cm³/mol. The van der Waals surface area contributed by atoms with Gasteiger partial charge in [-0.2, -0.15) is 0 Å². The zero-order valence-corrected chi connectivity index (χ0v) is 16.0. The maximum atomic E-state index is 12.3. The molecule has 140 valence electrons. The summed E-state index contributed by atoms with van der Waals surface area (Å²) in [5, 5.41) is 11.7. The van der Waals surface area contributed by atoms with Crippen molar-refractivity contribution in [1.29, 1.82) is 0 Å². The number of halogens is 1. The Bertz CT molecular complexity index is 908. The fourth-order valence-electron chi connectivity index (χ4n) is 2.70. The van der Waals surface area contributed by atoms with Crippen molar-refractivity contribution in [2.45, 2.75) is 19.9 Å². The summed E-state index contributed by atoms with van der Waals surface area (Å²) in [7, 11) is 1.83. The average Bonchev–Trinajstić information content (AvgIpc) is 3.10. The average molecular weight is 385 g/mol. The highest BCUT2D eigenvalue weighted by Gasteiger charge is 2.13. The number of aromatic nitrogens is 2. The standard InChI is InChI=1S/C20H21ClN4O2/c1-3-14-6-4-5-7-17(14)22-18(26)12-25(2)13-19-23-24-20(27-19)15-8-10-16(21)11-9-15/h4-11H,3,12-13H2,1-2H3,(H,22,26). The van der Waals surface area contributed by atoms with Crippen molar-refractivity contribution < 1.29 is 9.21 Å². The molecule has 0 bridgehead atoms. The first kappa shape index (κ1) is 19.1. The molecule has 0 aliphatic rings. The molecule has 0 fully saturated rings. The van der Waals surface area contributed by atoms with Crippen molar-refractivity contribution in [2.75, 3.05) is 18.9 Å². The van der Waals surface area contributed by atoms with E-state index >= 15 is 0 Å². The van der Waals surface area contributed by atoms with Gasteiger partial charge in [0.05, 0.1) is 13.1 Å². The molecule has 27 heavy (non-hydrogen) atoms. The van der Waals surface area contributed by atoms with Gasteiger partial charge in [0, 0.05) is 16.3 Å². The topological polar surface area (TPSA) is 71.3 Å². The second-order valence-electron chi connectivity index (χ2n) is 6.24. The summed E-state index contributed by atoms with van der Waals surface area (Å²) in [5.41, 5.74) is 2.76. The number of nitrogens with one attached hydrogen (secondary N) is 1. The van der Waals surface area contributed by atoms with Crippen molar-refractivity contribution in [2.24, 2.45) is 0 Å². The second kappa shape index (κ2) is 8.79. The van der Waals surface area contributed by atoms with Crippen LogP contribution in [-0.4, -0.2) is 34.6 Å². The molecule has 0 atom stereocenters. The molecule has 0 aliphatic heterocycles. The number of hydrogen-bond donors (Lipinski definition) is 1. The number of amides is 1. The summed E-state index contributed by atoms with van der Waals surface area (Å²) in [6, 6.07) is 15.0. The van der Waals surface area contributed by atoms with Gasteiger partial charge in [0.2, 0.25) is 17.7 Å². The summed E-state index contributed by atoms with van der Waals surface area (Å²) in [6.07, 6.45) is 0.863. The van der Waals surface area contributed by atoms with Gasteiger partial charge < -0.3 is 9.73 Å². The lowest BCUT2D eigenvalue weighted by atomic mass is 10.1. The highest BCUT2D eigenvalue weighted by atomic mass is 35.5. The van der Waals surface area contributed by atoms with Crippen molar-refractivity contribution in [3.63, 3.8) is 0 Å². The molecule has 1 aromatic heterocycles. The molecular formula is C20H21ClN4O2. The van der Waals surface area contributed by atoms with Gasteiger partial charge in [-0.25, -0.2) is 0 Å². The van der Waals surface area contributed by atoms with Gasteiger partial charge in [0.1, 0.15) is 0 Å². The fourth-order valence-corrected chi connectivity index (χ4v) is 2.82. The summed E-state index contributed by atoms with van der Waals surface area (Å²) >= 11 is 5.89. The van der Waals surface area contributed by atoms with E-state index in [0.717, 1.165) is 23.2 Å². The molecule has 2 aromatic carbocycles. The minimum atomic E-state index is -0.0872. The third-order valence-corrected chi connectivity index (χ3v) is 4.30. The summed E-state index contributed by atoms with van der Waals surface area (Å²) in [4.78, 5) is 14.1. The lowest BCUT2D eigenvalue weighted by molar-refractivity contribution is -0.117. The Hall–Kier alpha value is -2.70. The third-order valence-electron chi connectivity index (χ3n) is 4.05. The number of benzene rings is 2. The van der Waals surface area contributed by atoms with Crippen LogP contribution in [0.25, 0.3) is 11.5 Å². The molecule has 0 radical (unpaired) electrons. The highest BCUT2D eigenvalue weighted by Crippen LogP contribution is 2.20. The van der Waals surface area contributed by atoms with Crippen LogP contribution in [0.4, 0.5) is 5.69 Å². The first-order chi connectivity index (χ1) is 13.0. The Morgan fingerprint density at radius 1 is 1.15 bits per heavy atom. The molecule has 3 aromatic rings. The van der Waals surface area contributed by atoms with Crippen molar-refractivity contribution in [1.82, 2.24) is 15.1 Å². The maximum Gasteiger partial charge on any atom is 0.247 e. The van der Waals surface area contributed by atoms with E-state index in [1.807, 2.05) is 48.3 Å². The SMILES string of the molecule is CCc1ccccc1NC(=O)CN(C)Cc1nnc(-c2ccc(Cl)cc2)o1. The summed E-state index contributed by atoms with van der Waals surface area (Å²) < 4.78 is 5.68. The molecule has 1 N–H and O–H groups in total. The molecule has 7 heteroatoms. The predicted octanol–water partition coefficient (Wildman–Crippen LogP) is 4.02. The monoisotopic (exact) mass is 384 g/mol. The normalized spacial score (nSPS) is 11.0. The number of carbonyl (C=O) groups is 1. The van der Waals surface area contributed by atoms with E-state index in [1.165, 1.54) is 0 Å². The van der Waals surface area contributed by atoms with E-state index in [2.05, 4.69) is 22.4 Å². The third kappa shape index (κ3) is 5.15. The minimum Gasteiger partial charge on any atom is -0.419 e. The van der Waals surface area contributed by atoms with E-state index in [0.29, 0.717) is 23.3 Å². The number of hydrogen-bond acceptors (Lipinski definition) is 5. The van der Waals surface area contributed by atoms with Gasteiger partial charge in [-0.1, -0.05) is 36.7 Å². The number of likely N-dealkylation sites (N-methyl/N-ethyl adjacent to an activating group) is 1. The van der Waals surface area contributed by atoms with Crippen LogP contribution >= 0.6 is 11.6 Å². The fraction of sp³-hybridized carbons (Fsp3) is 0.250. The van der Waals surface area contributed by atoms with E-state index in [1.54, 1.807) is 12.1 Å². The molecular weight excluding hydrogens is 364 g/mol. The Morgan fingerprint density at radius 3 is 2.63 bits per heavy atom. The molecule has 1 heterocycles. The van der Waals surface area contributed by atoms with E-state index in [9.17, 15) is 4.79 Å². The van der Waals surface area contributed by atoms with Crippen LogP contribution in [0.15, 0.2) is 52.9 Å². The van der Waals surface area contributed by atoms with E-state index < -0.39 is 0 Å². The van der Waals surface area contributed by atoms with Crippen LogP contribution in [-0.2, 0) is 17.8 Å². The van der Waals surface area contributed by atoms with Gasteiger partial charge >= 0.3 is 0 Å².